The molecule has 0 unspecified atom stereocenters. The Bertz CT molecular complexity index is 1280. The number of hydrogen-bond donors (Lipinski definition) is 1. The van der Waals surface area contributed by atoms with Crippen molar-refractivity contribution in [2.75, 3.05) is 38.7 Å². The molecule has 2 aromatic heterocycles. The fourth-order valence-electron chi connectivity index (χ4n) is 4.29. The van der Waals surface area contributed by atoms with Crippen molar-refractivity contribution in [3.05, 3.63) is 58.0 Å². The van der Waals surface area contributed by atoms with E-state index in [0.29, 0.717) is 58.1 Å². The molecule has 1 aliphatic heterocycles. The van der Waals surface area contributed by atoms with E-state index in [0.717, 1.165) is 5.69 Å². The number of hydrogen-bond acceptors (Lipinski definition) is 6. The van der Waals surface area contributed by atoms with Crippen molar-refractivity contribution in [3.63, 3.8) is 0 Å². The van der Waals surface area contributed by atoms with Gasteiger partial charge in [0.05, 0.1) is 22.8 Å². The van der Waals surface area contributed by atoms with Crippen LogP contribution in [0.3, 0.4) is 0 Å². The number of methoxy groups -OCH3 is 1. The summed E-state index contributed by atoms with van der Waals surface area (Å²) in [5.41, 5.74) is 3.18. The summed E-state index contributed by atoms with van der Waals surface area (Å²) in [6, 6.07) is 9.05. The summed E-state index contributed by atoms with van der Waals surface area (Å²) in [6.07, 6.45) is 1.55. The lowest BCUT2D eigenvalue weighted by molar-refractivity contribution is -0.134. The van der Waals surface area contributed by atoms with Gasteiger partial charge in [0.15, 0.2) is 0 Å². The highest BCUT2D eigenvalue weighted by Gasteiger charge is 2.29. The van der Waals surface area contributed by atoms with Gasteiger partial charge >= 0.3 is 0 Å². The fourth-order valence-corrected chi connectivity index (χ4v) is 4.72. The third kappa shape index (κ3) is 5.12. The number of carbonyl (C=O) groups excluding carboxylic acids is 2. The van der Waals surface area contributed by atoms with Crippen molar-refractivity contribution >= 4 is 40.7 Å². The molecule has 1 saturated heterocycles. The van der Waals surface area contributed by atoms with Crippen LogP contribution in [-0.4, -0.2) is 71.3 Å². The molecule has 0 radical (unpaired) electrons. The van der Waals surface area contributed by atoms with E-state index in [-0.39, 0.29) is 24.4 Å². The number of carbonyl (C=O) groups is 2. The molecule has 36 heavy (non-hydrogen) atoms. The average molecular weight is 531 g/mol. The molecule has 1 atom stereocenters. The van der Waals surface area contributed by atoms with E-state index in [2.05, 4.69) is 20.3 Å². The Labute approximate surface area is 219 Å². The van der Waals surface area contributed by atoms with Gasteiger partial charge in [-0.05, 0) is 38.1 Å². The van der Waals surface area contributed by atoms with Gasteiger partial charge in [0.25, 0.3) is 5.91 Å². The normalized spacial score (nSPS) is 15.7. The van der Waals surface area contributed by atoms with Gasteiger partial charge in [0, 0.05) is 56.2 Å². The van der Waals surface area contributed by atoms with Crippen molar-refractivity contribution in [1.82, 2.24) is 25.0 Å². The highest BCUT2D eigenvalue weighted by molar-refractivity contribution is 6.33. The maximum absolute atomic E-state index is 13.2. The van der Waals surface area contributed by atoms with Crippen LogP contribution in [0.15, 0.2) is 36.5 Å². The van der Waals surface area contributed by atoms with Crippen molar-refractivity contribution in [2.45, 2.75) is 26.4 Å². The average Bonchev–Trinajstić information content (AvgIpc) is 3.16. The monoisotopic (exact) mass is 530 g/mol. The molecule has 0 aliphatic carbocycles. The predicted octanol–water partition coefficient (Wildman–Crippen LogP) is 3.67. The Kier molecular flexibility index (Phi) is 7.70. The Morgan fingerprint density at radius 1 is 1.19 bits per heavy atom. The number of anilines is 1. The van der Waals surface area contributed by atoms with E-state index in [9.17, 15) is 9.59 Å². The van der Waals surface area contributed by atoms with Crippen LogP contribution in [0.4, 0.5) is 5.69 Å². The summed E-state index contributed by atoms with van der Waals surface area (Å²) in [5.74, 6) is 0.322. The van der Waals surface area contributed by atoms with Crippen molar-refractivity contribution in [3.8, 4) is 17.0 Å². The van der Waals surface area contributed by atoms with Gasteiger partial charge in [-0.2, -0.15) is 5.10 Å². The lowest BCUT2D eigenvalue weighted by Crippen LogP contribution is -2.54. The minimum Gasteiger partial charge on any atom is -0.495 e. The number of piperazine rings is 1. The van der Waals surface area contributed by atoms with Gasteiger partial charge in [0.2, 0.25) is 5.91 Å². The maximum atomic E-state index is 13.2. The van der Waals surface area contributed by atoms with Gasteiger partial charge in [-0.1, -0.05) is 23.2 Å². The molecular formula is C25H28Cl2N6O3. The molecule has 1 aliphatic rings. The molecule has 0 bridgehead atoms. The first-order valence-corrected chi connectivity index (χ1v) is 12.3. The predicted molar refractivity (Wildman–Crippen MR) is 140 cm³/mol. The topological polar surface area (TPSA) is 92.6 Å². The fraction of sp³-hybridized carbons (Fsp3) is 0.360. The molecule has 190 valence electrons. The Hall–Kier alpha value is -3.30. The first-order valence-electron chi connectivity index (χ1n) is 11.5. The van der Waals surface area contributed by atoms with Gasteiger partial charge < -0.3 is 19.9 Å². The zero-order valence-corrected chi connectivity index (χ0v) is 22.1. The molecule has 11 heteroatoms. The molecule has 1 fully saturated rings. The Morgan fingerprint density at radius 3 is 2.61 bits per heavy atom. The number of nitrogens with zero attached hydrogens (tertiary/aromatic N) is 5. The number of amides is 2. The third-order valence-electron chi connectivity index (χ3n) is 6.36. The van der Waals surface area contributed by atoms with Gasteiger partial charge in [0.1, 0.15) is 23.7 Å². The molecule has 0 spiro atoms. The number of nitrogens with one attached hydrogen (secondary N) is 1. The Morgan fingerprint density at radius 2 is 1.97 bits per heavy atom. The van der Waals surface area contributed by atoms with Crippen LogP contribution in [0.2, 0.25) is 10.0 Å². The second-order valence-corrected chi connectivity index (χ2v) is 9.40. The summed E-state index contributed by atoms with van der Waals surface area (Å²) >= 11 is 12.7. The summed E-state index contributed by atoms with van der Waals surface area (Å²) in [6.45, 7) is 5.89. The highest BCUT2D eigenvalue weighted by atomic mass is 35.5. The van der Waals surface area contributed by atoms with Gasteiger partial charge in [-0.25, -0.2) is 0 Å². The van der Waals surface area contributed by atoms with Crippen LogP contribution in [-0.2, 0) is 11.3 Å². The number of aromatic nitrogens is 3. The largest absolute Gasteiger partial charge is 0.495 e. The SMILES string of the molecule is CNC(=O)c1ccc(-c2nn(CC(=O)N3CCN(c4ccc(Cl)c(OC)c4)C[C@@H]3C)c(C)c2Cl)cn1. The van der Waals surface area contributed by atoms with E-state index in [1.165, 1.54) is 0 Å². The maximum Gasteiger partial charge on any atom is 0.269 e. The summed E-state index contributed by atoms with van der Waals surface area (Å²) in [4.78, 5) is 33.3. The number of halogens is 2. The van der Waals surface area contributed by atoms with E-state index in [4.69, 9.17) is 27.9 Å². The lowest BCUT2D eigenvalue weighted by Gasteiger charge is -2.41. The van der Waals surface area contributed by atoms with Crippen LogP contribution in [0, 0.1) is 6.92 Å². The standard InChI is InChI=1S/C25H28Cl2N6O3/c1-15-13-31(18-6-7-19(26)21(11-18)36-4)9-10-32(15)22(34)14-33-16(2)23(27)24(30-33)17-5-8-20(29-12-17)25(35)28-3/h5-8,11-12,15H,9-10,13-14H2,1-4H3,(H,28,35)/t15-/m0/s1. The molecule has 3 heterocycles. The zero-order valence-electron chi connectivity index (χ0n) is 20.6. The van der Waals surface area contributed by atoms with Crippen LogP contribution in [0.5, 0.6) is 5.75 Å². The smallest absolute Gasteiger partial charge is 0.269 e. The molecule has 3 aromatic rings. The van der Waals surface area contributed by atoms with E-state index in [1.54, 1.807) is 37.2 Å². The minimum atomic E-state index is -0.274. The molecule has 0 saturated carbocycles. The first kappa shape index (κ1) is 25.8. The van der Waals surface area contributed by atoms with E-state index in [1.807, 2.05) is 36.9 Å². The molecule has 4 rings (SSSR count). The quantitative estimate of drug-likeness (QED) is 0.522. The van der Waals surface area contributed by atoms with Gasteiger partial charge in [-0.3, -0.25) is 19.3 Å². The second kappa shape index (κ2) is 10.8. The molecule has 1 N–H and O–H groups in total. The van der Waals surface area contributed by atoms with Crippen LogP contribution in [0.25, 0.3) is 11.3 Å². The first-order chi connectivity index (χ1) is 17.2. The molecule has 1 aromatic carbocycles. The summed E-state index contributed by atoms with van der Waals surface area (Å²) in [5, 5.41) is 8.14. The lowest BCUT2D eigenvalue weighted by atomic mass is 10.1. The van der Waals surface area contributed by atoms with Crippen LogP contribution >= 0.6 is 23.2 Å². The Balaban J connectivity index is 1.45. The number of benzene rings is 1. The van der Waals surface area contributed by atoms with Crippen LogP contribution in [0.1, 0.15) is 23.1 Å². The van der Waals surface area contributed by atoms with Crippen molar-refractivity contribution in [2.24, 2.45) is 0 Å². The molecule has 2 amide bonds. The molecular weight excluding hydrogens is 503 g/mol. The van der Waals surface area contributed by atoms with Crippen molar-refractivity contribution < 1.29 is 14.3 Å². The number of pyridine rings is 1. The zero-order chi connectivity index (χ0) is 26.0. The van der Waals surface area contributed by atoms with Crippen LogP contribution < -0.4 is 15.0 Å². The third-order valence-corrected chi connectivity index (χ3v) is 7.13. The summed E-state index contributed by atoms with van der Waals surface area (Å²) < 4.78 is 6.96. The van der Waals surface area contributed by atoms with E-state index < -0.39 is 0 Å². The summed E-state index contributed by atoms with van der Waals surface area (Å²) in [7, 11) is 3.14. The molecule has 9 nitrogen and oxygen atoms in total. The van der Waals surface area contributed by atoms with E-state index >= 15 is 0 Å². The minimum absolute atomic E-state index is 0.000176. The second-order valence-electron chi connectivity index (χ2n) is 8.62. The number of ether oxygens (including phenoxy) is 1. The number of rotatable bonds is 6. The van der Waals surface area contributed by atoms with Crippen molar-refractivity contribution in [1.29, 1.82) is 0 Å². The highest BCUT2D eigenvalue weighted by Crippen LogP contribution is 2.31. The van der Waals surface area contributed by atoms with Gasteiger partial charge in [-0.15, -0.1) is 0 Å².